The number of non-ortho nitro benzene ring substituents is 1. The van der Waals surface area contributed by atoms with E-state index in [0.717, 1.165) is 5.56 Å². The van der Waals surface area contributed by atoms with E-state index in [1.807, 2.05) is 0 Å². The van der Waals surface area contributed by atoms with Crippen LogP contribution in [0.5, 0.6) is 5.75 Å². The molecule has 0 fully saturated rings. The zero-order valence-electron chi connectivity index (χ0n) is 10.3. The van der Waals surface area contributed by atoms with Crippen molar-refractivity contribution in [3.8, 4) is 5.75 Å². The monoisotopic (exact) mass is 291 g/mol. The van der Waals surface area contributed by atoms with Crippen LogP contribution in [0.2, 0.25) is 0 Å². The summed E-state index contributed by atoms with van der Waals surface area (Å²) >= 11 is 5.33. The van der Waals surface area contributed by atoms with Crippen molar-refractivity contribution in [1.82, 2.24) is 0 Å². The molecule has 0 heterocycles. The van der Waals surface area contributed by atoms with E-state index < -0.39 is 10.2 Å². The second-order valence-corrected chi connectivity index (χ2v) is 4.35. The van der Waals surface area contributed by atoms with Crippen molar-refractivity contribution < 1.29 is 14.5 Å². The molecule has 0 saturated heterocycles. The molecule has 0 aromatic heterocycles. The molecule has 2 aromatic carbocycles. The number of rotatable bonds is 5. The predicted molar refractivity (Wildman–Crippen MR) is 74.1 cm³/mol. The topological polar surface area (TPSA) is 69.4 Å². The third-order valence-corrected chi connectivity index (χ3v) is 2.85. The number of nitro groups is 1. The van der Waals surface area contributed by atoms with Gasteiger partial charge in [0.15, 0.2) is 0 Å². The van der Waals surface area contributed by atoms with Crippen molar-refractivity contribution in [3.63, 3.8) is 0 Å². The highest BCUT2D eigenvalue weighted by Crippen LogP contribution is 2.17. The molecule has 0 spiro atoms. The van der Waals surface area contributed by atoms with Crippen LogP contribution in [-0.2, 0) is 6.61 Å². The minimum atomic E-state index is -0.521. The van der Waals surface area contributed by atoms with Crippen molar-refractivity contribution in [3.05, 3.63) is 69.8 Å². The summed E-state index contributed by atoms with van der Waals surface area (Å²) in [7, 11) is 0. The van der Waals surface area contributed by atoms with Gasteiger partial charge in [-0.1, -0.05) is 0 Å². The van der Waals surface area contributed by atoms with Gasteiger partial charge in [-0.2, -0.15) is 0 Å². The smallest absolute Gasteiger partial charge is 0.269 e. The van der Waals surface area contributed by atoms with Crippen LogP contribution in [0.15, 0.2) is 48.5 Å². The molecule has 0 N–H and O–H groups in total. The summed E-state index contributed by atoms with van der Waals surface area (Å²) in [6, 6.07) is 12.5. The van der Waals surface area contributed by atoms with E-state index in [9.17, 15) is 14.9 Å². The maximum absolute atomic E-state index is 10.9. The summed E-state index contributed by atoms with van der Waals surface area (Å²) < 4.78 is 5.50. The molecule has 0 atom stereocenters. The first kappa shape index (κ1) is 14.0. The Labute approximate surface area is 119 Å². The molecular weight excluding hydrogens is 282 g/mol. The highest BCUT2D eigenvalue weighted by atomic mass is 35.5. The highest BCUT2D eigenvalue weighted by molar-refractivity contribution is 6.67. The number of hydrogen-bond donors (Lipinski definition) is 0. The van der Waals surface area contributed by atoms with Gasteiger partial charge in [0.25, 0.3) is 10.9 Å². The van der Waals surface area contributed by atoms with Crippen molar-refractivity contribution >= 4 is 22.5 Å². The molecule has 0 amide bonds. The fourth-order valence-electron chi connectivity index (χ4n) is 1.56. The van der Waals surface area contributed by atoms with Crippen molar-refractivity contribution in [2.75, 3.05) is 0 Å². The summed E-state index contributed by atoms with van der Waals surface area (Å²) in [6.45, 7) is 0.284. The minimum Gasteiger partial charge on any atom is -0.489 e. The number of halogens is 1. The van der Waals surface area contributed by atoms with Gasteiger partial charge >= 0.3 is 0 Å². The first-order chi connectivity index (χ1) is 9.56. The molecule has 0 unspecified atom stereocenters. The van der Waals surface area contributed by atoms with Crippen molar-refractivity contribution in [2.45, 2.75) is 6.61 Å². The molecular formula is C14H10ClNO4. The molecule has 0 aliphatic carbocycles. The second-order valence-electron chi connectivity index (χ2n) is 4.01. The van der Waals surface area contributed by atoms with Gasteiger partial charge in [0.1, 0.15) is 12.4 Å². The van der Waals surface area contributed by atoms with Crippen molar-refractivity contribution in [1.29, 1.82) is 0 Å². The van der Waals surface area contributed by atoms with Gasteiger partial charge < -0.3 is 4.74 Å². The van der Waals surface area contributed by atoms with Crippen LogP contribution in [-0.4, -0.2) is 10.2 Å². The Hall–Kier alpha value is -2.40. The third kappa shape index (κ3) is 3.55. The predicted octanol–water partition coefficient (Wildman–Crippen LogP) is 3.55. The third-order valence-electron chi connectivity index (χ3n) is 2.63. The van der Waals surface area contributed by atoms with Crippen LogP contribution in [0.1, 0.15) is 15.9 Å². The van der Waals surface area contributed by atoms with E-state index in [0.29, 0.717) is 11.3 Å². The van der Waals surface area contributed by atoms with Crippen LogP contribution >= 0.6 is 11.6 Å². The summed E-state index contributed by atoms with van der Waals surface area (Å²) in [6.07, 6.45) is 0. The lowest BCUT2D eigenvalue weighted by Crippen LogP contribution is -1.96. The first-order valence-corrected chi connectivity index (χ1v) is 6.10. The first-order valence-electron chi connectivity index (χ1n) is 5.72. The molecule has 2 rings (SSSR count). The minimum absolute atomic E-state index is 0.0405. The number of hydrogen-bond acceptors (Lipinski definition) is 4. The number of carbonyl (C=O) groups excluding carboxylic acids is 1. The van der Waals surface area contributed by atoms with Crippen LogP contribution in [0, 0.1) is 10.1 Å². The normalized spacial score (nSPS) is 10.1. The largest absolute Gasteiger partial charge is 0.489 e. The highest BCUT2D eigenvalue weighted by Gasteiger charge is 2.05. The number of benzene rings is 2. The van der Waals surface area contributed by atoms with Gasteiger partial charge in [-0.25, -0.2) is 0 Å². The van der Waals surface area contributed by atoms with E-state index >= 15 is 0 Å². The summed E-state index contributed by atoms with van der Waals surface area (Å²) in [5.41, 5.74) is 1.25. The summed E-state index contributed by atoms with van der Waals surface area (Å²) in [5.74, 6) is 0.588. The van der Waals surface area contributed by atoms with Crippen molar-refractivity contribution in [2.24, 2.45) is 0 Å². The van der Waals surface area contributed by atoms with Crippen LogP contribution < -0.4 is 4.74 Å². The number of carbonyl (C=O) groups is 1. The van der Waals surface area contributed by atoms with Gasteiger partial charge in [0.05, 0.1) is 4.92 Å². The standard InChI is InChI=1S/C14H10ClNO4/c15-14(17)11-3-7-13(8-4-11)20-9-10-1-5-12(6-2-10)16(18)19/h1-8H,9H2. The molecule has 0 radical (unpaired) electrons. The van der Waals surface area contributed by atoms with E-state index in [-0.39, 0.29) is 12.3 Å². The van der Waals surface area contributed by atoms with Crippen LogP contribution in [0.3, 0.4) is 0 Å². The molecule has 2 aromatic rings. The molecule has 0 saturated carbocycles. The van der Waals surface area contributed by atoms with Crippen LogP contribution in [0.25, 0.3) is 0 Å². The molecule has 5 nitrogen and oxygen atoms in total. The van der Waals surface area contributed by atoms with Gasteiger partial charge in [-0.05, 0) is 53.6 Å². The molecule has 0 aliphatic heterocycles. The molecule has 0 bridgehead atoms. The Morgan fingerprint density at radius 3 is 2.20 bits per heavy atom. The van der Waals surface area contributed by atoms with E-state index in [1.54, 1.807) is 36.4 Å². The second kappa shape index (κ2) is 6.16. The van der Waals surface area contributed by atoms with Gasteiger partial charge in [-0.3, -0.25) is 14.9 Å². The SMILES string of the molecule is O=C(Cl)c1ccc(OCc2ccc([N+](=O)[O-])cc2)cc1. The average Bonchev–Trinajstić information content (AvgIpc) is 2.46. The fourth-order valence-corrected chi connectivity index (χ4v) is 1.69. The number of ether oxygens (including phenoxy) is 1. The number of nitrogens with zero attached hydrogens (tertiary/aromatic N) is 1. The summed E-state index contributed by atoms with van der Waals surface area (Å²) in [4.78, 5) is 21.0. The van der Waals surface area contributed by atoms with Crippen LogP contribution in [0.4, 0.5) is 5.69 Å². The van der Waals surface area contributed by atoms with E-state index in [2.05, 4.69) is 0 Å². The molecule has 6 heteroatoms. The van der Waals surface area contributed by atoms with E-state index in [4.69, 9.17) is 16.3 Å². The van der Waals surface area contributed by atoms with Gasteiger partial charge in [0.2, 0.25) is 0 Å². The average molecular weight is 292 g/mol. The lowest BCUT2D eigenvalue weighted by molar-refractivity contribution is -0.384. The molecule has 102 valence electrons. The Bertz CT molecular complexity index is 565. The Morgan fingerprint density at radius 1 is 1.10 bits per heavy atom. The maximum atomic E-state index is 10.9. The molecule has 20 heavy (non-hydrogen) atoms. The Balaban J connectivity index is 1.97. The fraction of sp³-hybridized carbons (Fsp3) is 0.0714. The lowest BCUT2D eigenvalue weighted by Gasteiger charge is -2.06. The quantitative estimate of drug-likeness (QED) is 0.480. The van der Waals surface area contributed by atoms with Gasteiger partial charge in [-0.15, -0.1) is 0 Å². The zero-order valence-corrected chi connectivity index (χ0v) is 11.0. The Morgan fingerprint density at radius 2 is 1.70 bits per heavy atom. The van der Waals surface area contributed by atoms with Gasteiger partial charge in [0, 0.05) is 17.7 Å². The lowest BCUT2D eigenvalue weighted by atomic mass is 10.2. The van der Waals surface area contributed by atoms with E-state index in [1.165, 1.54) is 12.1 Å². The summed E-state index contributed by atoms with van der Waals surface area (Å²) in [5, 5.41) is 9.99. The Kier molecular flexibility index (Phi) is 4.32. The maximum Gasteiger partial charge on any atom is 0.269 e. The zero-order chi connectivity index (χ0) is 14.5. The number of nitro benzene ring substituents is 1. The molecule has 0 aliphatic rings.